The van der Waals surface area contributed by atoms with Crippen LogP contribution in [0.3, 0.4) is 0 Å². The molecule has 0 N–H and O–H groups in total. The zero-order valence-corrected chi connectivity index (χ0v) is 15.3. The molecule has 5 heteroatoms. The Labute approximate surface area is 154 Å². The van der Waals surface area contributed by atoms with Crippen molar-refractivity contribution in [2.24, 2.45) is 0 Å². The summed E-state index contributed by atoms with van der Waals surface area (Å²) in [5.41, 5.74) is 2.29. The van der Waals surface area contributed by atoms with Crippen LogP contribution in [-0.4, -0.2) is 23.8 Å². The summed E-state index contributed by atoms with van der Waals surface area (Å²) in [7, 11) is 3.34. The molecule has 0 radical (unpaired) electrons. The summed E-state index contributed by atoms with van der Waals surface area (Å²) in [6.45, 7) is 2.02. The molecule has 0 aliphatic heterocycles. The molecule has 0 saturated carbocycles. The van der Waals surface area contributed by atoms with Gasteiger partial charge in [0.1, 0.15) is 17.7 Å². The Balaban J connectivity index is 1.81. The average Bonchev–Trinajstić information content (AvgIpc) is 3.23. The molecule has 0 aliphatic rings. The fourth-order valence-corrected chi connectivity index (χ4v) is 2.83. The standard InChI is InChI=1S/C21H24N2O3/c1-16(23-13-12-22-15-23)26-21(18-6-10-20(25-3)11-7-18)14-17-4-8-19(24-2)9-5-17/h4-13,15-16,21H,14H2,1-3H3/t16-,21-/m0/s1. The van der Waals surface area contributed by atoms with Gasteiger partial charge in [-0.2, -0.15) is 0 Å². The van der Waals surface area contributed by atoms with E-state index in [1.807, 2.05) is 54.1 Å². The summed E-state index contributed by atoms with van der Waals surface area (Å²) in [5.74, 6) is 1.68. The van der Waals surface area contributed by atoms with Gasteiger partial charge in [-0.25, -0.2) is 4.98 Å². The normalized spacial score (nSPS) is 13.2. The molecule has 0 amide bonds. The number of hydrogen-bond donors (Lipinski definition) is 0. The molecule has 3 rings (SSSR count). The van der Waals surface area contributed by atoms with Gasteiger partial charge in [0.05, 0.1) is 26.7 Å². The molecule has 2 aromatic carbocycles. The van der Waals surface area contributed by atoms with Crippen molar-refractivity contribution in [3.8, 4) is 11.5 Å². The Bertz CT molecular complexity index is 783. The topological polar surface area (TPSA) is 45.5 Å². The second kappa shape index (κ2) is 8.54. The van der Waals surface area contributed by atoms with Crippen LogP contribution in [0.1, 0.15) is 30.4 Å². The van der Waals surface area contributed by atoms with E-state index >= 15 is 0 Å². The number of rotatable bonds is 8. The minimum Gasteiger partial charge on any atom is -0.497 e. The molecular weight excluding hydrogens is 328 g/mol. The lowest BCUT2D eigenvalue weighted by molar-refractivity contribution is -0.0445. The van der Waals surface area contributed by atoms with Crippen LogP contribution in [0.15, 0.2) is 67.3 Å². The first-order valence-corrected chi connectivity index (χ1v) is 8.59. The molecular formula is C21H24N2O3. The zero-order valence-electron chi connectivity index (χ0n) is 15.3. The van der Waals surface area contributed by atoms with Gasteiger partial charge < -0.3 is 18.8 Å². The number of ether oxygens (including phenoxy) is 3. The van der Waals surface area contributed by atoms with Crippen molar-refractivity contribution < 1.29 is 14.2 Å². The molecule has 0 unspecified atom stereocenters. The summed E-state index contributed by atoms with van der Waals surface area (Å²) < 4.78 is 18.8. The quantitative estimate of drug-likeness (QED) is 0.602. The second-order valence-electron chi connectivity index (χ2n) is 6.06. The van der Waals surface area contributed by atoms with Crippen LogP contribution >= 0.6 is 0 Å². The molecule has 0 aliphatic carbocycles. The molecule has 1 heterocycles. The first kappa shape index (κ1) is 18.0. The number of imidazole rings is 1. The van der Waals surface area contributed by atoms with Crippen molar-refractivity contribution in [1.29, 1.82) is 0 Å². The maximum atomic E-state index is 6.37. The van der Waals surface area contributed by atoms with E-state index in [1.54, 1.807) is 26.7 Å². The predicted octanol–water partition coefficient (Wildman–Crippen LogP) is 4.42. The predicted molar refractivity (Wildman–Crippen MR) is 100 cm³/mol. The smallest absolute Gasteiger partial charge is 0.132 e. The molecule has 3 aromatic rings. The number of benzene rings is 2. The number of hydrogen-bond acceptors (Lipinski definition) is 4. The van der Waals surface area contributed by atoms with Gasteiger partial charge in [0.15, 0.2) is 0 Å². The van der Waals surface area contributed by atoms with Crippen LogP contribution in [0.4, 0.5) is 0 Å². The van der Waals surface area contributed by atoms with E-state index < -0.39 is 0 Å². The molecule has 0 bridgehead atoms. The molecule has 2 atom stereocenters. The van der Waals surface area contributed by atoms with Crippen molar-refractivity contribution in [3.05, 3.63) is 78.4 Å². The number of aromatic nitrogens is 2. The van der Waals surface area contributed by atoms with Crippen molar-refractivity contribution >= 4 is 0 Å². The van der Waals surface area contributed by atoms with Gasteiger partial charge in [-0.15, -0.1) is 0 Å². The molecule has 0 spiro atoms. The molecule has 0 saturated heterocycles. The summed E-state index contributed by atoms with van der Waals surface area (Å²) in [5, 5.41) is 0. The lowest BCUT2D eigenvalue weighted by Gasteiger charge is -2.24. The highest BCUT2D eigenvalue weighted by Gasteiger charge is 2.17. The number of nitrogens with zero attached hydrogens (tertiary/aromatic N) is 2. The van der Waals surface area contributed by atoms with E-state index in [2.05, 4.69) is 17.1 Å². The van der Waals surface area contributed by atoms with Gasteiger partial charge in [0.2, 0.25) is 0 Å². The van der Waals surface area contributed by atoms with Crippen LogP contribution in [0.25, 0.3) is 0 Å². The van der Waals surface area contributed by atoms with E-state index in [1.165, 1.54) is 5.56 Å². The van der Waals surface area contributed by atoms with Gasteiger partial charge in [-0.1, -0.05) is 24.3 Å². The lowest BCUT2D eigenvalue weighted by Crippen LogP contribution is -2.15. The summed E-state index contributed by atoms with van der Waals surface area (Å²) >= 11 is 0. The summed E-state index contributed by atoms with van der Waals surface area (Å²) in [6.07, 6.45) is 5.97. The first-order chi connectivity index (χ1) is 12.7. The van der Waals surface area contributed by atoms with E-state index in [0.717, 1.165) is 23.5 Å². The van der Waals surface area contributed by atoms with E-state index in [4.69, 9.17) is 14.2 Å². The van der Waals surface area contributed by atoms with Crippen molar-refractivity contribution in [2.75, 3.05) is 14.2 Å². The van der Waals surface area contributed by atoms with Crippen LogP contribution in [-0.2, 0) is 11.2 Å². The minimum atomic E-state index is -0.122. The highest BCUT2D eigenvalue weighted by molar-refractivity contribution is 5.31. The Hall–Kier alpha value is -2.79. The molecule has 5 nitrogen and oxygen atoms in total. The average molecular weight is 352 g/mol. The third-order valence-corrected chi connectivity index (χ3v) is 4.37. The summed E-state index contributed by atoms with van der Waals surface area (Å²) in [6, 6.07) is 16.1. The Kier molecular flexibility index (Phi) is 5.92. The summed E-state index contributed by atoms with van der Waals surface area (Å²) in [4.78, 5) is 4.10. The third-order valence-electron chi connectivity index (χ3n) is 4.37. The van der Waals surface area contributed by atoms with Crippen LogP contribution in [0, 0.1) is 0 Å². The van der Waals surface area contributed by atoms with E-state index in [0.29, 0.717) is 0 Å². The molecule has 0 fully saturated rings. The van der Waals surface area contributed by atoms with Gasteiger partial charge >= 0.3 is 0 Å². The maximum Gasteiger partial charge on any atom is 0.132 e. The van der Waals surface area contributed by atoms with Crippen molar-refractivity contribution in [2.45, 2.75) is 25.7 Å². The molecule has 136 valence electrons. The van der Waals surface area contributed by atoms with Crippen LogP contribution < -0.4 is 9.47 Å². The Morgan fingerprint density at radius 1 is 0.923 bits per heavy atom. The van der Waals surface area contributed by atoms with Gasteiger partial charge in [-0.05, 0) is 42.3 Å². The number of methoxy groups -OCH3 is 2. The van der Waals surface area contributed by atoms with Gasteiger partial charge in [0, 0.05) is 18.8 Å². The molecule has 1 aromatic heterocycles. The van der Waals surface area contributed by atoms with Crippen molar-refractivity contribution in [3.63, 3.8) is 0 Å². The fraction of sp³-hybridized carbons (Fsp3) is 0.286. The first-order valence-electron chi connectivity index (χ1n) is 8.59. The van der Waals surface area contributed by atoms with Crippen LogP contribution in [0.5, 0.6) is 11.5 Å². The monoisotopic (exact) mass is 352 g/mol. The minimum absolute atomic E-state index is 0.0910. The zero-order chi connectivity index (χ0) is 18.4. The van der Waals surface area contributed by atoms with E-state index in [-0.39, 0.29) is 12.3 Å². The van der Waals surface area contributed by atoms with E-state index in [9.17, 15) is 0 Å². The highest BCUT2D eigenvalue weighted by atomic mass is 16.5. The second-order valence-corrected chi connectivity index (χ2v) is 6.06. The third kappa shape index (κ3) is 4.43. The van der Waals surface area contributed by atoms with Crippen LogP contribution in [0.2, 0.25) is 0 Å². The van der Waals surface area contributed by atoms with Gasteiger partial charge in [-0.3, -0.25) is 0 Å². The van der Waals surface area contributed by atoms with Crippen molar-refractivity contribution in [1.82, 2.24) is 9.55 Å². The molecule has 26 heavy (non-hydrogen) atoms. The lowest BCUT2D eigenvalue weighted by atomic mass is 10.0. The fourth-order valence-electron chi connectivity index (χ4n) is 2.83. The Morgan fingerprint density at radius 3 is 2.08 bits per heavy atom. The van der Waals surface area contributed by atoms with Gasteiger partial charge in [0.25, 0.3) is 0 Å². The Morgan fingerprint density at radius 2 is 1.54 bits per heavy atom. The highest BCUT2D eigenvalue weighted by Crippen LogP contribution is 2.29. The largest absolute Gasteiger partial charge is 0.497 e. The SMILES string of the molecule is COc1ccc(C[C@H](O[C@@H](C)n2ccnc2)c2ccc(OC)cc2)cc1. The maximum absolute atomic E-state index is 6.37.